The summed E-state index contributed by atoms with van der Waals surface area (Å²) in [5.74, 6) is -0.488. The zero-order chi connectivity index (χ0) is 16.4. The predicted molar refractivity (Wildman–Crippen MR) is 90.4 cm³/mol. The molecule has 0 unspecified atom stereocenters. The summed E-state index contributed by atoms with van der Waals surface area (Å²) in [7, 11) is 1.76. The zero-order valence-corrected chi connectivity index (χ0v) is 13.4. The highest BCUT2D eigenvalue weighted by atomic mass is 35.5. The molecule has 0 fully saturated rings. The van der Waals surface area contributed by atoms with Crippen LogP contribution in [0.25, 0.3) is 10.9 Å². The minimum atomic E-state index is -0.313. The predicted octanol–water partition coefficient (Wildman–Crippen LogP) is 3.94. The zero-order valence-electron chi connectivity index (χ0n) is 12.6. The summed E-state index contributed by atoms with van der Waals surface area (Å²) < 4.78 is 15.0. The maximum atomic E-state index is 13.3. The molecule has 0 aliphatic carbocycles. The maximum absolute atomic E-state index is 13.3. The number of nitrogens with one attached hydrogen (secondary N) is 1. The molecule has 0 radical (unpaired) electrons. The summed E-state index contributed by atoms with van der Waals surface area (Å²) in [6, 6.07) is 13.8. The third kappa shape index (κ3) is 3.37. The Morgan fingerprint density at radius 2 is 2.04 bits per heavy atom. The molecule has 0 spiro atoms. The van der Waals surface area contributed by atoms with Gasteiger partial charge in [0.2, 0.25) is 0 Å². The Morgan fingerprint density at radius 3 is 2.83 bits per heavy atom. The fourth-order valence-electron chi connectivity index (χ4n) is 2.62. The average Bonchev–Trinajstić information content (AvgIpc) is 2.84. The van der Waals surface area contributed by atoms with Crippen molar-refractivity contribution < 1.29 is 9.18 Å². The van der Waals surface area contributed by atoms with Crippen molar-refractivity contribution in [2.45, 2.75) is 6.42 Å². The van der Waals surface area contributed by atoms with E-state index >= 15 is 0 Å². The molecule has 0 aliphatic rings. The van der Waals surface area contributed by atoms with E-state index in [1.165, 1.54) is 12.1 Å². The number of aryl methyl sites for hydroxylation is 1. The first-order valence-corrected chi connectivity index (χ1v) is 7.70. The number of carbonyl (C=O) groups excluding carboxylic acids is 1. The fourth-order valence-corrected chi connectivity index (χ4v) is 2.84. The number of benzene rings is 2. The van der Waals surface area contributed by atoms with E-state index in [2.05, 4.69) is 5.32 Å². The third-order valence-corrected chi connectivity index (χ3v) is 4.06. The maximum Gasteiger partial charge on any atom is 0.267 e. The number of hydrogen-bond acceptors (Lipinski definition) is 1. The first-order valence-electron chi connectivity index (χ1n) is 7.32. The van der Waals surface area contributed by atoms with E-state index in [-0.39, 0.29) is 11.7 Å². The second-order valence-electron chi connectivity index (χ2n) is 5.43. The Balaban J connectivity index is 1.70. The third-order valence-electron chi connectivity index (χ3n) is 3.83. The van der Waals surface area contributed by atoms with Crippen molar-refractivity contribution in [2.75, 3.05) is 6.54 Å². The number of carbonyl (C=O) groups is 1. The summed E-state index contributed by atoms with van der Waals surface area (Å²) in [6.45, 7) is 0.509. The topological polar surface area (TPSA) is 34.0 Å². The Hall–Kier alpha value is -2.33. The van der Waals surface area contributed by atoms with Crippen molar-refractivity contribution in [3.05, 3.63) is 70.6 Å². The molecular formula is C18H16ClFN2O. The summed E-state index contributed by atoms with van der Waals surface area (Å²) >= 11 is 5.94. The molecule has 1 heterocycles. The van der Waals surface area contributed by atoms with Crippen molar-refractivity contribution in [3.8, 4) is 0 Å². The van der Waals surface area contributed by atoms with E-state index in [1.807, 2.05) is 24.3 Å². The molecule has 1 aromatic heterocycles. The van der Waals surface area contributed by atoms with Crippen molar-refractivity contribution >= 4 is 28.4 Å². The molecule has 1 amide bonds. The Kier molecular flexibility index (Phi) is 4.35. The number of fused-ring (bicyclic) bond motifs is 1. The van der Waals surface area contributed by atoms with Gasteiger partial charge < -0.3 is 9.88 Å². The molecule has 0 atom stereocenters. The second kappa shape index (κ2) is 6.42. The molecule has 23 heavy (non-hydrogen) atoms. The van der Waals surface area contributed by atoms with Crippen LogP contribution in [0.2, 0.25) is 5.02 Å². The van der Waals surface area contributed by atoms with Crippen LogP contribution in [0.15, 0.2) is 48.5 Å². The van der Waals surface area contributed by atoms with E-state index in [1.54, 1.807) is 23.7 Å². The van der Waals surface area contributed by atoms with Crippen LogP contribution in [0.3, 0.4) is 0 Å². The number of aromatic nitrogens is 1. The standard InChI is InChI=1S/C18H16ClFN2O/c1-22-16-11-15(20)6-5-13(16)10-17(22)18(23)21-8-7-12-3-2-4-14(19)9-12/h2-6,9-11H,7-8H2,1H3,(H,21,23). The van der Waals surface area contributed by atoms with Crippen LogP contribution in [-0.2, 0) is 13.5 Å². The molecule has 0 bridgehead atoms. The molecule has 3 nitrogen and oxygen atoms in total. The van der Waals surface area contributed by atoms with Gasteiger partial charge in [0, 0.05) is 24.0 Å². The minimum absolute atomic E-state index is 0.175. The van der Waals surface area contributed by atoms with Crippen molar-refractivity contribution in [1.82, 2.24) is 9.88 Å². The van der Waals surface area contributed by atoms with Gasteiger partial charge >= 0.3 is 0 Å². The van der Waals surface area contributed by atoms with Crippen LogP contribution in [-0.4, -0.2) is 17.0 Å². The molecule has 0 saturated heterocycles. The summed E-state index contributed by atoms with van der Waals surface area (Å²) in [5, 5.41) is 4.41. The van der Waals surface area contributed by atoms with Gasteiger partial charge in [0.05, 0.1) is 5.52 Å². The van der Waals surface area contributed by atoms with Gasteiger partial charge in [-0.05, 0) is 48.4 Å². The number of nitrogens with zero attached hydrogens (tertiary/aromatic N) is 1. The number of amides is 1. The average molecular weight is 331 g/mol. The molecule has 5 heteroatoms. The lowest BCUT2D eigenvalue weighted by Gasteiger charge is -2.07. The highest BCUT2D eigenvalue weighted by molar-refractivity contribution is 6.30. The van der Waals surface area contributed by atoms with Crippen molar-refractivity contribution in [1.29, 1.82) is 0 Å². The first kappa shape index (κ1) is 15.6. The van der Waals surface area contributed by atoms with E-state index in [0.29, 0.717) is 29.2 Å². The summed E-state index contributed by atoms with van der Waals surface area (Å²) in [4.78, 5) is 12.3. The fraction of sp³-hybridized carbons (Fsp3) is 0.167. The number of hydrogen-bond donors (Lipinski definition) is 1. The second-order valence-corrected chi connectivity index (χ2v) is 5.86. The van der Waals surface area contributed by atoms with Crippen molar-refractivity contribution in [2.24, 2.45) is 7.05 Å². The van der Waals surface area contributed by atoms with Crippen LogP contribution in [0.1, 0.15) is 16.1 Å². The number of halogens is 2. The summed E-state index contributed by atoms with van der Waals surface area (Å²) in [5.41, 5.74) is 2.28. The quantitative estimate of drug-likeness (QED) is 0.772. The Morgan fingerprint density at radius 1 is 1.22 bits per heavy atom. The van der Waals surface area contributed by atoms with Gasteiger partial charge in [-0.1, -0.05) is 23.7 Å². The Bertz CT molecular complexity index is 873. The van der Waals surface area contributed by atoms with Gasteiger partial charge in [-0.2, -0.15) is 0 Å². The van der Waals surface area contributed by atoms with Crippen LogP contribution < -0.4 is 5.32 Å². The summed E-state index contributed by atoms with van der Waals surface area (Å²) in [6.07, 6.45) is 0.699. The first-order chi connectivity index (χ1) is 11.0. The van der Waals surface area contributed by atoms with Gasteiger partial charge in [-0.3, -0.25) is 4.79 Å². The SMILES string of the molecule is Cn1c(C(=O)NCCc2cccc(Cl)c2)cc2ccc(F)cc21. The van der Waals surface area contributed by atoms with Crippen LogP contribution in [0, 0.1) is 5.82 Å². The van der Waals surface area contributed by atoms with E-state index in [4.69, 9.17) is 11.6 Å². The van der Waals surface area contributed by atoms with Gasteiger partial charge in [0.25, 0.3) is 5.91 Å². The lowest BCUT2D eigenvalue weighted by Crippen LogP contribution is -2.27. The molecule has 3 rings (SSSR count). The van der Waals surface area contributed by atoms with Gasteiger partial charge in [-0.15, -0.1) is 0 Å². The van der Waals surface area contributed by atoms with Crippen LogP contribution >= 0.6 is 11.6 Å². The highest BCUT2D eigenvalue weighted by Gasteiger charge is 2.13. The highest BCUT2D eigenvalue weighted by Crippen LogP contribution is 2.19. The van der Waals surface area contributed by atoms with E-state index in [9.17, 15) is 9.18 Å². The van der Waals surface area contributed by atoms with E-state index in [0.717, 1.165) is 10.9 Å². The lowest BCUT2D eigenvalue weighted by molar-refractivity contribution is 0.0946. The van der Waals surface area contributed by atoms with E-state index < -0.39 is 0 Å². The molecule has 118 valence electrons. The molecule has 2 aromatic carbocycles. The van der Waals surface area contributed by atoms with Gasteiger partial charge in [0.15, 0.2) is 0 Å². The molecular weight excluding hydrogens is 315 g/mol. The Labute approximate surface area is 138 Å². The van der Waals surface area contributed by atoms with Crippen LogP contribution in [0.4, 0.5) is 4.39 Å². The van der Waals surface area contributed by atoms with Crippen molar-refractivity contribution in [3.63, 3.8) is 0 Å². The normalized spacial score (nSPS) is 10.9. The van der Waals surface area contributed by atoms with Crippen LogP contribution in [0.5, 0.6) is 0 Å². The molecule has 0 aliphatic heterocycles. The minimum Gasteiger partial charge on any atom is -0.350 e. The smallest absolute Gasteiger partial charge is 0.267 e. The molecule has 0 saturated carbocycles. The largest absolute Gasteiger partial charge is 0.350 e. The number of rotatable bonds is 4. The van der Waals surface area contributed by atoms with Gasteiger partial charge in [-0.25, -0.2) is 4.39 Å². The monoisotopic (exact) mass is 330 g/mol. The van der Waals surface area contributed by atoms with Gasteiger partial charge in [0.1, 0.15) is 11.5 Å². The molecule has 3 aromatic rings. The molecule has 1 N–H and O–H groups in total. The lowest BCUT2D eigenvalue weighted by atomic mass is 10.1.